The van der Waals surface area contributed by atoms with Gasteiger partial charge in [0.25, 0.3) is 0 Å². The zero-order chi connectivity index (χ0) is 17.9. The first kappa shape index (κ1) is 18.2. The molecule has 0 saturated carbocycles. The lowest BCUT2D eigenvalue weighted by Gasteiger charge is -2.19. The van der Waals surface area contributed by atoms with Crippen molar-refractivity contribution in [3.05, 3.63) is 29.6 Å². The van der Waals surface area contributed by atoms with E-state index in [1.54, 1.807) is 6.92 Å². The highest BCUT2D eigenvalue weighted by atomic mass is 19.4. The second-order valence-corrected chi connectivity index (χ2v) is 5.46. The highest BCUT2D eigenvalue weighted by Gasteiger charge is 2.32. The average molecular weight is 348 g/mol. The highest BCUT2D eigenvalue weighted by Crippen LogP contribution is 2.31. The summed E-state index contributed by atoms with van der Waals surface area (Å²) in [5, 5.41) is 4.24. The van der Waals surface area contributed by atoms with Crippen LogP contribution in [0.15, 0.2) is 18.2 Å². The molecule has 0 radical (unpaired) electrons. The van der Waals surface area contributed by atoms with Crippen molar-refractivity contribution in [1.29, 1.82) is 0 Å². The lowest BCUT2D eigenvalue weighted by Crippen LogP contribution is -2.45. The Morgan fingerprint density at radius 3 is 2.58 bits per heavy atom. The summed E-state index contributed by atoms with van der Waals surface area (Å²) in [6.07, 6.45) is -3.35. The van der Waals surface area contributed by atoms with Crippen molar-refractivity contribution < 1.29 is 31.9 Å². The fraction of sp³-hybridized carbons (Fsp3) is 0.467. The smallest absolute Gasteiger partial charge is 0.376 e. The first-order chi connectivity index (χ1) is 11.2. The molecular formula is C15H16F4N2O3. The molecule has 0 aromatic heterocycles. The van der Waals surface area contributed by atoms with E-state index in [2.05, 4.69) is 5.32 Å². The number of alkyl halides is 3. The Labute approximate surface area is 135 Å². The maximum absolute atomic E-state index is 13.6. The third-order valence-corrected chi connectivity index (χ3v) is 3.63. The van der Waals surface area contributed by atoms with E-state index in [4.69, 9.17) is 4.74 Å². The quantitative estimate of drug-likeness (QED) is 0.651. The molecule has 0 spiro atoms. The molecule has 1 aliphatic rings. The van der Waals surface area contributed by atoms with E-state index in [9.17, 15) is 27.2 Å². The minimum atomic E-state index is -4.69. The minimum Gasteiger partial charge on any atom is -0.376 e. The average Bonchev–Trinajstić information content (AvgIpc) is 3.02. The number of rotatable bonds is 3. The largest absolute Gasteiger partial charge is 0.416 e. The SMILES string of the molecule is C[C@H](NC(=O)C(=O)Nc1cc(C(F)(F)F)ccc1F)[C@@H]1CCCO1. The molecule has 2 rings (SSSR count). The second-order valence-electron chi connectivity index (χ2n) is 5.46. The molecule has 1 aromatic rings. The van der Waals surface area contributed by atoms with E-state index < -0.39 is 41.1 Å². The normalized spacial score (nSPS) is 19.0. The van der Waals surface area contributed by atoms with Gasteiger partial charge in [0.2, 0.25) is 0 Å². The van der Waals surface area contributed by atoms with Gasteiger partial charge < -0.3 is 15.4 Å². The van der Waals surface area contributed by atoms with E-state index in [0.29, 0.717) is 24.8 Å². The van der Waals surface area contributed by atoms with Gasteiger partial charge in [0, 0.05) is 6.61 Å². The van der Waals surface area contributed by atoms with Crippen LogP contribution in [0, 0.1) is 5.82 Å². The number of benzene rings is 1. The Kier molecular flexibility index (Phi) is 5.43. The summed E-state index contributed by atoms with van der Waals surface area (Å²) in [6.45, 7) is 2.21. The summed E-state index contributed by atoms with van der Waals surface area (Å²) < 4.78 is 56.7. The number of carbonyl (C=O) groups is 2. The predicted molar refractivity (Wildman–Crippen MR) is 76.6 cm³/mol. The number of halogens is 4. The molecule has 9 heteroatoms. The predicted octanol–water partition coefficient (Wildman–Crippen LogP) is 2.47. The molecule has 1 fully saturated rings. The molecule has 1 heterocycles. The summed E-state index contributed by atoms with van der Waals surface area (Å²) in [5.41, 5.74) is -1.85. The number of ether oxygens (including phenoxy) is 1. The Hall–Kier alpha value is -2.16. The van der Waals surface area contributed by atoms with Crippen LogP contribution < -0.4 is 10.6 Å². The number of hydrogen-bond acceptors (Lipinski definition) is 3. The summed E-state index contributed by atoms with van der Waals surface area (Å²) in [7, 11) is 0. The van der Waals surface area contributed by atoms with Gasteiger partial charge in [-0.3, -0.25) is 9.59 Å². The molecule has 2 amide bonds. The van der Waals surface area contributed by atoms with Crippen LogP contribution in [0.5, 0.6) is 0 Å². The van der Waals surface area contributed by atoms with Gasteiger partial charge >= 0.3 is 18.0 Å². The molecule has 132 valence electrons. The second kappa shape index (κ2) is 7.16. The van der Waals surface area contributed by atoms with Crippen LogP contribution in [-0.2, 0) is 20.5 Å². The molecule has 24 heavy (non-hydrogen) atoms. The molecule has 1 aliphatic heterocycles. The van der Waals surface area contributed by atoms with Gasteiger partial charge in [-0.25, -0.2) is 4.39 Å². The van der Waals surface area contributed by atoms with Crippen molar-refractivity contribution in [2.24, 2.45) is 0 Å². The highest BCUT2D eigenvalue weighted by molar-refractivity contribution is 6.39. The Morgan fingerprint density at radius 1 is 1.29 bits per heavy atom. The lowest BCUT2D eigenvalue weighted by molar-refractivity contribution is -0.137. The fourth-order valence-electron chi connectivity index (χ4n) is 2.34. The van der Waals surface area contributed by atoms with Crippen LogP contribution in [-0.4, -0.2) is 30.6 Å². The molecule has 0 aliphatic carbocycles. The number of nitrogens with one attached hydrogen (secondary N) is 2. The topological polar surface area (TPSA) is 67.4 Å². The van der Waals surface area contributed by atoms with Crippen LogP contribution in [0.1, 0.15) is 25.3 Å². The summed E-state index contributed by atoms with van der Waals surface area (Å²) >= 11 is 0. The Bertz CT molecular complexity index is 628. The first-order valence-electron chi connectivity index (χ1n) is 7.28. The van der Waals surface area contributed by atoms with Gasteiger partial charge in [-0.15, -0.1) is 0 Å². The van der Waals surface area contributed by atoms with E-state index in [-0.39, 0.29) is 6.10 Å². The number of carbonyl (C=O) groups excluding carboxylic acids is 2. The molecule has 2 atom stereocenters. The van der Waals surface area contributed by atoms with Gasteiger partial charge in [-0.2, -0.15) is 13.2 Å². The third-order valence-electron chi connectivity index (χ3n) is 3.63. The molecule has 0 unspecified atom stereocenters. The molecule has 5 nitrogen and oxygen atoms in total. The van der Waals surface area contributed by atoms with E-state index in [1.165, 1.54) is 0 Å². The molecule has 1 aromatic carbocycles. The molecule has 0 bridgehead atoms. The monoisotopic (exact) mass is 348 g/mol. The standard InChI is InChI=1S/C15H16F4N2O3/c1-8(12-3-2-6-24-12)20-13(22)14(23)21-11-7-9(15(17,18)19)4-5-10(11)16/h4-5,7-8,12H,2-3,6H2,1H3,(H,20,22)(H,21,23)/t8-,12-/m0/s1. The van der Waals surface area contributed by atoms with Crippen molar-refractivity contribution in [2.45, 2.75) is 38.1 Å². The van der Waals surface area contributed by atoms with Crippen molar-refractivity contribution in [2.75, 3.05) is 11.9 Å². The maximum Gasteiger partial charge on any atom is 0.416 e. The maximum atomic E-state index is 13.6. The van der Waals surface area contributed by atoms with Crippen molar-refractivity contribution in [3.63, 3.8) is 0 Å². The Morgan fingerprint density at radius 2 is 2.00 bits per heavy atom. The zero-order valence-electron chi connectivity index (χ0n) is 12.7. The van der Waals surface area contributed by atoms with E-state index in [0.717, 1.165) is 12.8 Å². The number of amides is 2. The summed E-state index contributed by atoms with van der Waals surface area (Å²) in [5.74, 6) is -3.40. The lowest BCUT2D eigenvalue weighted by atomic mass is 10.1. The van der Waals surface area contributed by atoms with Crippen LogP contribution in [0.2, 0.25) is 0 Å². The molecule has 1 saturated heterocycles. The summed E-state index contributed by atoms with van der Waals surface area (Å²) in [6, 6.07) is 1.11. The minimum absolute atomic E-state index is 0.230. The van der Waals surface area contributed by atoms with Gasteiger partial charge in [0.1, 0.15) is 5.82 Å². The van der Waals surface area contributed by atoms with Crippen molar-refractivity contribution in [3.8, 4) is 0 Å². The van der Waals surface area contributed by atoms with Gasteiger partial charge in [0.05, 0.1) is 23.4 Å². The Balaban J connectivity index is 2.02. The van der Waals surface area contributed by atoms with Crippen LogP contribution >= 0.6 is 0 Å². The van der Waals surface area contributed by atoms with Gasteiger partial charge in [-0.1, -0.05) is 0 Å². The van der Waals surface area contributed by atoms with Gasteiger partial charge in [0.15, 0.2) is 0 Å². The molecule has 2 N–H and O–H groups in total. The fourth-order valence-corrected chi connectivity index (χ4v) is 2.34. The van der Waals surface area contributed by atoms with Crippen LogP contribution in [0.4, 0.5) is 23.2 Å². The number of hydrogen-bond donors (Lipinski definition) is 2. The van der Waals surface area contributed by atoms with E-state index >= 15 is 0 Å². The van der Waals surface area contributed by atoms with E-state index in [1.807, 2.05) is 5.32 Å². The summed E-state index contributed by atoms with van der Waals surface area (Å²) in [4.78, 5) is 23.5. The molecular weight excluding hydrogens is 332 g/mol. The van der Waals surface area contributed by atoms with Crippen molar-refractivity contribution >= 4 is 17.5 Å². The first-order valence-corrected chi connectivity index (χ1v) is 7.28. The van der Waals surface area contributed by atoms with Crippen molar-refractivity contribution in [1.82, 2.24) is 5.32 Å². The van der Waals surface area contributed by atoms with Crippen LogP contribution in [0.3, 0.4) is 0 Å². The van der Waals surface area contributed by atoms with Crippen LogP contribution in [0.25, 0.3) is 0 Å². The number of anilines is 1. The third kappa shape index (κ3) is 4.44. The zero-order valence-corrected chi connectivity index (χ0v) is 12.7. The van der Waals surface area contributed by atoms with Gasteiger partial charge in [-0.05, 0) is 38.0 Å².